The largest absolute Gasteiger partial charge is 0.451 e. The first kappa shape index (κ1) is 19.5. The van der Waals surface area contributed by atoms with Crippen molar-refractivity contribution in [3.63, 3.8) is 0 Å². The molecule has 6 heteroatoms. The molecule has 3 rings (SSSR count). The second-order valence-electron chi connectivity index (χ2n) is 6.34. The number of terminal acetylenes is 1. The van der Waals surface area contributed by atoms with Crippen LogP contribution in [-0.4, -0.2) is 16.4 Å². The number of hydrogen-bond donors (Lipinski definition) is 1. The van der Waals surface area contributed by atoms with E-state index in [4.69, 9.17) is 10.8 Å². The predicted octanol–water partition coefficient (Wildman–Crippen LogP) is 5.41. The molecule has 27 heavy (non-hydrogen) atoms. The summed E-state index contributed by atoms with van der Waals surface area (Å²) in [5, 5.41) is 5.98. The summed E-state index contributed by atoms with van der Waals surface area (Å²) in [5.74, 6) is 3.41. The van der Waals surface area contributed by atoms with E-state index in [1.54, 1.807) is 23.1 Å². The highest BCUT2D eigenvalue weighted by atomic mass is 32.2. The fourth-order valence-electron chi connectivity index (χ4n) is 2.90. The quantitative estimate of drug-likeness (QED) is 0.427. The van der Waals surface area contributed by atoms with Crippen molar-refractivity contribution in [1.82, 2.24) is 10.3 Å². The first-order valence-corrected chi connectivity index (χ1v) is 10.7. The Morgan fingerprint density at radius 3 is 2.74 bits per heavy atom. The Balaban J connectivity index is 1.94. The van der Waals surface area contributed by atoms with Gasteiger partial charge >= 0.3 is 0 Å². The molecule has 0 aliphatic rings. The van der Waals surface area contributed by atoms with Crippen molar-refractivity contribution in [3.8, 4) is 12.3 Å². The molecule has 1 N–H and O–H groups in total. The summed E-state index contributed by atoms with van der Waals surface area (Å²) >= 11 is 3.21. The fraction of sp³-hybridized carbons (Fsp3) is 0.333. The predicted molar refractivity (Wildman–Crippen MR) is 112 cm³/mol. The topological polar surface area (TPSA) is 55.1 Å². The van der Waals surface area contributed by atoms with Crippen molar-refractivity contribution in [3.05, 3.63) is 46.7 Å². The summed E-state index contributed by atoms with van der Waals surface area (Å²) in [7, 11) is 0. The lowest BCUT2D eigenvalue weighted by Gasteiger charge is -2.26. The van der Waals surface area contributed by atoms with Crippen LogP contribution in [0.2, 0.25) is 0 Å². The third kappa shape index (κ3) is 4.05. The zero-order chi connectivity index (χ0) is 19.4. The molecule has 1 amide bonds. The lowest BCUT2D eigenvalue weighted by Crippen LogP contribution is -2.46. The Bertz CT molecular complexity index is 993. The number of para-hydroxylation sites is 1. The Labute approximate surface area is 167 Å². The Hall–Kier alpha value is -2.23. The van der Waals surface area contributed by atoms with Crippen LogP contribution in [0.25, 0.3) is 11.0 Å². The van der Waals surface area contributed by atoms with Gasteiger partial charge in [0.15, 0.2) is 5.76 Å². The van der Waals surface area contributed by atoms with Gasteiger partial charge in [0.05, 0.1) is 0 Å². The van der Waals surface area contributed by atoms with Gasteiger partial charge in [0.2, 0.25) is 0 Å². The van der Waals surface area contributed by atoms with Crippen molar-refractivity contribution >= 4 is 40.0 Å². The van der Waals surface area contributed by atoms with Crippen LogP contribution in [0.1, 0.15) is 48.5 Å². The molecule has 3 aromatic rings. The van der Waals surface area contributed by atoms with E-state index in [0.717, 1.165) is 21.0 Å². The number of aromatic nitrogens is 1. The molecule has 2 aromatic heterocycles. The van der Waals surface area contributed by atoms with Crippen molar-refractivity contribution in [2.75, 3.05) is 0 Å². The molecular weight excluding hydrogens is 376 g/mol. The van der Waals surface area contributed by atoms with Crippen LogP contribution in [0, 0.1) is 19.3 Å². The lowest BCUT2D eigenvalue weighted by molar-refractivity contribution is 0.0889. The Morgan fingerprint density at radius 1 is 1.37 bits per heavy atom. The van der Waals surface area contributed by atoms with Crippen molar-refractivity contribution in [2.45, 2.75) is 49.2 Å². The molecule has 0 spiro atoms. The van der Waals surface area contributed by atoms with Crippen molar-refractivity contribution in [2.24, 2.45) is 0 Å². The first-order valence-electron chi connectivity index (χ1n) is 8.87. The number of hydrogen-bond acceptors (Lipinski definition) is 5. The molecular formula is C21H22N2O2S2. The Kier molecular flexibility index (Phi) is 5.93. The first-order chi connectivity index (χ1) is 13.0. The average molecular weight is 399 g/mol. The van der Waals surface area contributed by atoms with Crippen molar-refractivity contribution in [1.29, 1.82) is 0 Å². The summed E-state index contributed by atoms with van der Waals surface area (Å²) in [6.45, 7) is 5.93. The average Bonchev–Trinajstić information content (AvgIpc) is 3.27. The number of fused-ring (bicyclic) bond motifs is 1. The molecule has 0 aliphatic heterocycles. The molecule has 2 heterocycles. The second kappa shape index (κ2) is 8.20. The van der Waals surface area contributed by atoms with Crippen molar-refractivity contribution < 1.29 is 9.21 Å². The van der Waals surface area contributed by atoms with E-state index < -0.39 is 5.54 Å². The van der Waals surface area contributed by atoms with Gasteiger partial charge in [-0.15, -0.1) is 17.8 Å². The number of nitrogens with zero attached hydrogens (tertiary/aromatic N) is 1. The SMILES string of the molecule is C#CC(CC)(CC)NC(=O)c1oc2ccccc2c1CSc1nc(C)cs1. The number of aryl methyl sites for hydroxylation is 1. The van der Waals surface area contributed by atoms with Crippen LogP contribution in [0.3, 0.4) is 0 Å². The number of amides is 1. The number of benzene rings is 1. The molecule has 0 atom stereocenters. The van der Waals surface area contributed by atoms with Crippen LogP contribution in [0.4, 0.5) is 0 Å². The Morgan fingerprint density at radius 2 is 2.11 bits per heavy atom. The molecule has 0 radical (unpaired) electrons. The normalized spacial score (nSPS) is 11.5. The van der Waals surface area contributed by atoms with Gasteiger partial charge in [0, 0.05) is 27.8 Å². The van der Waals surface area contributed by atoms with Crippen LogP contribution >= 0.6 is 23.1 Å². The van der Waals surface area contributed by atoms with Gasteiger partial charge < -0.3 is 9.73 Å². The summed E-state index contributed by atoms with van der Waals surface area (Å²) < 4.78 is 6.90. The van der Waals surface area contributed by atoms with Crippen LogP contribution in [0.5, 0.6) is 0 Å². The number of thiazole rings is 1. The van der Waals surface area contributed by atoms with E-state index in [-0.39, 0.29) is 5.91 Å². The van der Waals surface area contributed by atoms with Gasteiger partial charge in [-0.2, -0.15) is 0 Å². The second-order valence-corrected chi connectivity index (χ2v) is 8.42. The smallest absolute Gasteiger partial charge is 0.288 e. The highest BCUT2D eigenvalue weighted by Crippen LogP contribution is 2.33. The zero-order valence-electron chi connectivity index (χ0n) is 15.7. The lowest BCUT2D eigenvalue weighted by atomic mass is 9.93. The fourth-order valence-corrected chi connectivity index (χ4v) is 4.78. The maximum absolute atomic E-state index is 13.0. The highest BCUT2D eigenvalue weighted by molar-refractivity contribution is 8.00. The minimum Gasteiger partial charge on any atom is -0.451 e. The standard InChI is InChI=1S/C21H22N2O2S2/c1-5-21(6-2,7-3)23-19(24)18-16(13-27-20-22-14(4)12-26-20)15-10-8-9-11-17(15)25-18/h1,8-12H,6-7,13H2,2-4H3,(H,23,24). The van der Waals surface area contributed by atoms with E-state index in [9.17, 15) is 4.79 Å². The summed E-state index contributed by atoms with van der Waals surface area (Å²) in [5.41, 5.74) is 1.92. The molecule has 4 nitrogen and oxygen atoms in total. The maximum Gasteiger partial charge on any atom is 0.288 e. The van der Waals surface area contributed by atoms with Crippen LogP contribution < -0.4 is 5.32 Å². The minimum absolute atomic E-state index is 0.265. The van der Waals surface area contributed by atoms with Gasteiger partial charge in [0.1, 0.15) is 15.5 Å². The zero-order valence-corrected chi connectivity index (χ0v) is 17.3. The van der Waals surface area contributed by atoms with Gasteiger partial charge in [-0.1, -0.05) is 49.7 Å². The highest BCUT2D eigenvalue weighted by Gasteiger charge is 2.29. The number of furan rings is 1. The summed E-state index contributed by atoms with van der Waals surface area (Å²) in [4.78, 5) is 17.5. The van der Waals surface area contributed by atoms with E-state index >= 15 is 0 Å². The van der Waals surface area contributed by atoms with E-state index in [1.165, 1.54) is 0 Å². The molecule has 0 unspecified atom stereocenters. The molecule has 0 saturated carbocycles. The van der Waals surface area contributed by atoms with E-state index in [0.29, 0.717) is 29.9 Å². The molecule has 0 aliphatic carbocycles. The number of nitrogens with one attached hydrogen (secondary N) is 1. The number of rotatable bonds is 7. The number of carbonyl (C=O) groups excluding carboxylic acids is 1. The minimum atomic E-state index is -0.660. The van der Waals surface area contributed by atoms with E-state index in [2.05, 4.69) is 16.2 Å². The third-order valence-electron chi connectivity index (χ3n) is 4.68. The molecule has 0 fully saturated rings. The monoisotopic (exact) mass is 398 g/mol. The molecule has 1 aromatic carbocycles. The molecule has 0 saturated heterocycles. The summed E-state index contributed by atoms with van der Waals surface area (Å²) in [6, 6.07) is 7.71. The van der Waals surface area contributed by atoms with Crippen LogP contribution in [-0.2, 0) is 5.75 Å². The van der Waals surface area contributed by atoms with Gasteiger partial charge in [-0.25, -0.2) is 4.98 Å². The summed E-state index contributed by atoms with van der Waals surface area (Å²) in [6.07, 6.45) is 7.02. The van der Waals surface area contributed by atoms with Crippen LogP contribution in [0.15, 0.2) is 38.4 Å². The molecule has 140 valence electrons. The molecule has 0 bridgehead atoms. The van der Waals surface area contributed by atoms with E-state index in [1.807, 2.05) is 50.4 Å². The maximum atomic E-state index is 13.0. The number of carbonyl (C=O) groups is 1. The van der Waals surface area contributed by atoms with Gasteiger partial charge in [0.25, 0.3) is 5.91 Å². The van der Waals surface area contributed by atoms with Gasteiger partial charge in [-0.3, -0.25) is 4.79 Å². The third-order valence-corrected chi connectivity index (χ3v) is 6.84. The van der Waals surface area contributed by atoms with Gasteiger partial charge in [-0.05, 0) is 25.8 Å². The number of thioether (sulfide) groups is 1.